The van der Waals surface area contributed by atoms with Crippen molar-refractivity contribution in [3.63, 3.8) is 0 Å². The fraction of sp³-hybridized carbons (Fsp3) is 0.471. The van der Waals surface area contributed by atoms with E-state index in [1.165, 1.54) is 0 Å². The van der Waals surface area contributed by atoms with Crippen molar-refractivity contribution in [2.75, 3.05) is 26.3 Å². The fourth-order valence-electron chi connectivity index (χ4n) is 1.88. The van der Waals surface area contributed by atoms with Crippen molar-refractivity contribution in [2.24, 2.45) is 0 Å². The molecule has 0 bridgehead atoms. The zero-order valence-corrected chi connectivity index (χ0v) is 12.7. The summed E-state index contributed by atoms with van der Waals surface area (Å²) in [7, 11) is 0. The molecule has 0 atom stereocenters. The minimum Gasteiger partial charge on any atom is -0.492 e. The molecule has 0 amide bonds. The van der Waals surface area contributed by atoms with Gasteiger partial charge in [0.1, 0.15) is 19.0 Å². The molecular formula is C17H22N2O2. The molecule has 4 heteroatoms. The predicted octanol–water partition coefficient (Wildman–Crippen LogP) is 2.03. The van der Waals surface area contributed by atoms with Crippen LogP contribution in [0.5, 0.6) is 5.75 Å². The van der Waals surface area contributed by atoms with Crippen molar-refractivity contribution in [3.05, 3.63) is 29.8 Å². The second kappa shape index (κ2) is 9.83. The number of hydrogen-bond acceptors (Lipinski definition) is 4. The van der Waals surface area contributed by atoms with E-state index in [2.05, 4.69) is 36.7 Å². The first kappa shape index (κ1) is 17.0. The molecule has 0 spiro atoms. The zero-order valence-electron chi connectivity index (χ0n) is 12.7. The minimum atomic E-state index is -0.133. The van der Waals surface area contributed by atoms with E-state index in [0.29, 0.717) is 19.1 Å². The van der Waals surface area contributed by atoms with Crippen LogP contribution in [0.25, 0.3) is 0 Å². The van der Waals surface area contributed by atoms with Gasteiger partial charge in [-0.15, -0.1) is 0 Å². The highest BCUT2D eigenvalue weighted by atomic mass is 16.5. The number of rotatable bonds is 7. The number of ether oxygens (including phenoxy) is 1. The molecule has 21 heavy (non-hydrogen) atoms. The summed E-state index contributed by atoms with van der Waals surface area (Å²) in [6, 6.07) is 10.1. The van der Waals surface area contributed by atoms with Crippen molar-refractivity contribution in [1.29, 1.82) is 5.26 Å². The lowest BCUT2D eigenvalue weighted by atomic mass is 10.2. The van der Waals surface area contributed by atoms with Gasteiger partial charge < -0.3 is 9.84 Å². The number of hydrogen-bond donors (Lipinski definition) is 1. The third-order valence-electron chi connectivity index (χ3n) is 3.05. The quantitative estimate of drug-likeness (QED) is 0.779. The number of aliphatic hydroxyl groups excluding tert-OH is 1. The van der Waals surface area contributed by atoms with Crippen LogP contribution in [-0.4, -0.2) is 42.4 Å². The van der Waals surface area contributed by atoms with Crippen LogP contribution in [-0.2, 0) is 0 Å². The molecule has 0 saturated carbocycles. The van der Waals surface area contributed by atoms with Gasteiger partial charge in [-0.25, -0.2) is 0 Å². The van der Waals surface area contributed by atoms with Crippen molar-refractivity contribution >= 4 is 0 Å². The maximum atomic E-state index is 8.65. The first-order valence-electron chi connectivity index (χ1n) is 7.11. The van der Waals surface area contributed by atoms with Crippen LogP contribution < -0.4 is 4.74 Å². The highest BCUT2D eigenvalue weighted by Gasteiger charge is 2.08. The van der Waals surface area contributed by atoms with Crippen molar-refractivity contribution < 1.29 is 9.84 Å². The Labute approximate surface area is 127 Å². The Kier molecular flexibility index (Phi) is 7.97. The maximum absolute atomic E-state index is 8.65. The van der Waals surface area contributed by atoms with Crippen LogP contribution in [0.15, 0.2) is 24.3 Å². The molecule has 1 aromatic rings. The maximum Gasteiger partial charge on any atom is 0.119 e. The van der Waals surface area contributed by atoms with E-state index >= 15 is 0 Å². The van der Waals surface area contributed by atoms with Gasteiger partial charge in [-0.1, -0.05) is 11.8 Å². The fourth-order valence-corrected chi connectivity index (χ4v) is 1.88. The summed E-state index contributed by atoms with van der Waals surface area (Å²) >= 11 is 0. The standard InChI is InChI=1S/C17H22N2O2/c1-15(2)19(11-4-10-18)12-14-21-17-8-6-16(7-9-17)5-3-13-20/h6-9,15,20H,4,11-14H2,1-2H3. The molecule has 0 aliphatic rings. The highest BCUT2D eigenvalue weighted by Crippen LogP contribution is 2.11. The lowest BCUT2D eigenvalue weighted by Gasteiger charge is -2.25. The van der Waals surface area contributed by atoms with Gasteiger partial charge in [-0.05, 0) is 38.1 Å². The van der Waals surface area contributed by atoms with Gasteiger partial charge in [0.15, 0.2) is 0 Å². The van der Waals surface area contributed by atoms with Crippen molar-refractivity contribution in [1.82, 2.24) is 4.90 Å². The average molecular weight is 286 g/mol. The molecule has 112 valence electrons. The van der Waals surface area contributed by atoms with Crippen molar-refractivity contribution in [2.45, 2.75) is 26.3 Å². The van der Waals surface area contributed by atoms with Crippen LogP contribution in [0.2, 0.25) is 0 Å². The van der Waals surface area contributed by atoms with E-state index < -0.39 is 0 Å². The van der Waals surface area contributed by atoms with Gasteiger partial charge in [0.2, 0.25) is 0 Å². The molecule has 0 heterocycles. The molecule has 0 aromatic heterocycles. The summed E-state index contributed by atoms with van der Waals surface area (Å²) in [5, 5.41) is 17.3. The van der Waals surface area contributed by atoms with Gasteiger partial charge >= 0.3 is 0 Å². The largest absolute Gasteiger partial charge is 0.492 e. The topological polar surface area (TPSA) is 56.5 Å². The second-order valence-electron chi connectivity index (χ2n) is 4.87. The Morgan fingerprint density at radius 1 is 1.24 bits per heavy atom. The summed E-state index contributed by atoms with van der Waals surface area (Å²) < 4.78 is 5.70. The van der Waals surface area contributed by atoms with Crippen LogP contribution >= 0.6 is 0 Å². The molecule has 0 saturated heterocycles. The molecule has 0 fully saturated rings. The highest BCUT2D eigenvalue weighted by molar-refractivity contribution is 5.38. The van der Waals surface area contributed by atoms with Crippen LogP contribution in [0.3, 0.4) is 0 Å². The number of nitrogens with zero attached hydrogens (tertiary/aromatic N) is 2. The SMILES string of the molecule is CC(C)N(CCC#N)CCOc1ccc(C#CCO)cc1. The first-order chi connectivity index (χ1) is 10.2. The van der Waals surface area contributed by atoms with Gasteiger partial charge in [-0.3, -0.25) is 4.90 Å². The molecule has 0 aliphatic carbocycles. The molecule has 0 aliphatic heterocycles. The summed E-state index contributed by atoms with van der Waals surface area (Å²) in [5.41, 5.74) is 0.856. The van der Waals surface area contributed by atoms with Gasteiger partial charge in [0.05, 0.1) is 6.07 Å². The molecule has 1 aromatic carbocycles. The lowest BCUT2D eigenvalue weighted by molar-refractivity contribution is 0.179. The normalized spacial score (nSPS) is 10.1. The van der Waals surface area contributed by atoms with Gasteiger partial charge in [0.25, 0.3) is 0 Å². The third kappa shape index (κ3) is 6.81. The molecular weight excluding hydrogens is 264 g/mol. The van der Waals surface area contributed by atoms with E-state index in [1.807, 2.05) is 24.3 Å². The van der Waals surface area contributed by atoms with Crippen LogP contribution in [0, 0.1) is 23.2 Å². The minimum absolute atomic E-state index is 0.133. The third-order valence-corrected chi connectivity index (χ3v) is 3.05. The Balaban J connectivity index is 2.42. The molecule has 0 unspecified atom stereocenters. The average Bonchev–Trinajstić information content (AvgIpc) is 2.49. The zero-order chi connectivity index (χ0) is 15.5. The summed E-state index contributed by atoms with van der Waals surface area (Å²) in [6.45, 7) is 6.26. The number of benzene rings is 1. The van der Waals surface area contributed by atoms with E-state index in [4.69, 9.17) is 15.1 Å². The summed E-state index contributed by atoms with van der Waals surface area (Å²) in [4.78, 5) is 2.23. The molecule has 4 nitrogen and oxygen atoms in total. The summed E-state index contributed by atoms with van der Waals surface area (Å²) in [5.74, 6) is 6.24. The Morgan fingerprint density at radius 3 is 2.52 bits per heavy atom. The Bertz CT molecular complexity index is 506. The second-order valence-corrected chi connectivity index (χ2v) is 4.87. The first-order valence-corrected chi connectivity index (χ1v) is 7.11. The Hall–Kier alpha value is -2.01. The Morgan fingerprint density at radius 2 is 1.95 bits per heavy atom. The van der Waals surface area contributed by atoms with Crippen LogP contribution in [0.4, 0.5) is 0 Å². The smallest absolute Gasteiger partial charge is 0.119 e. The van der Waals surface area contributed by atoms with Crippen LogP contribution in [0.1, 0.15) is 25.8 Å². The van der Waals surface area contributed by atoms with E-state index in [9.17, 15) is 0 Å². The van der Waals surface area contributed by atoms with E-state index in [1.54, 1.807) is 0 Å². The van der Waals surface area contributed by atoms with E-state index in [-0.39, 0.29) is 6.61 Å². The molecule has 0 radical (unpaired) electrons. The predicted molar refractivity (Wildman–Crippen MR) is 82.8 cm³/mol. The van der Waals surface area contributed by atoms with Gasteiger partial charge in [-0.2, -0.15) is 5.26 Å². The van der Waals surface area contributed by atoms with Gasteiger partial charge in [0, 0.05) is 31.1 Å². The monoisotopic (exact) mass is 286 g/mol. The summed E-state index contributed by atoms with van der Waals surface area (Å²) in [6.07, 6.45) is 0.538. The lowest BCUT2D eigenvalue weighted by Crippen LogP contribution is -2.35. The number of aliphatic hydroxyl groups is 1. The van der Waals surface area contributed by atoms with Crippen molar-refractivity contribution in [3.8, 4) is 23.7 Å². The van der Waals surface area contributed by atoms with E-state index in [0.717, 1.165) is 24.4 Å². The molecule has 1 N–H and O–H groups in total. The molecule has 1 rings (SSSR count). The number of nitriles is 1.